The Hall–Kier alpha value is -8.05. The zero-order chi connectivity index (χ0) is 48.9. The van der Waals surface area contributed by atoms with Crippen molar-refractivity contribution in [2.24, 2.45) is 0 Å². The molecule has 2 N–H and O–H groups in total. The summed E-state index contributed by atoms with van der Waals surface area (Å²) < 4.78 is 17.5. The molecule has 0 aliphatic rings. The molecule has 0 saturated carbocycles. The van der Waals surface area contributed by atoms with Gasteiger partial charge in [-0.25, -0.2) is 14.4 Å². The van der Waals surface area contributed by atoms with E-state index in [0.29, 0.717) is 0 Å². The molecule has 0 heterocycles. The minimum atomic E-state index is -1.05. The van der Waals surface area contributed by atoms with Crippen molar-refractivity contribution in [3.8, 4) is 0 Å². The van der Waals surface area contributed by atoms with Gasteiger partial charge in [0.2, 0.25) is 11.8 Å². The average molecular weight is 938 g/mol. The number of nitrogens with one attached hydrogen (secondary N) is 2. The second-order valence-electron chi connectivity index (χ2n) is 17.2. The first-order valence-electron chi connectivity index (χ1n) is 23.7. The summed E-state index contributed by atoms with van der Waals surface area (Å²) in [6, 6.07) is 57.0. The summed E-state index contributed by atoms with van der Waals surface area (Å²) in [5.41, 5.74) is 4.89. The third-order valence-corrected chi connectivity index (χ3v) is 12.1. The molecule has 7 rings (SSSR count). The van der Waals surface area contributed by atoms with Gasteiger partial charge in [-0.05, 0) is 63.9 Å². The van der Waals surface area contributed by atoms with Crippen molar-refractivity contribution in [3.05, 3.63) is 228 Å². The topological polar surface area (TPSA) is 140 Å². The van der Waals surface area contributed by atoms with Crippen molar-refractivity contribution >= 4 is 40.6 Å². The number of esters is 2. The van der Waals surface area contributed by atoms with E-state index in [1.165, 1.54) is 0 Å². The van der Waals surface area contributed by atoms with Crippen LogP contribution in [-0.2, 0) is 66.1 Å². The first-order valence-corrected chi connectivity index (χ1v) is 23.7. The van der Waals surface area contributed by atoms with E-state index in [-0.39, 0.29) is 58.3 Å². The highest BCUT2D eigenvalue weighted by Crippen LogP contribution is 2.32. The number of carbonyl (C=O) groups excluding carboxylic acids is 5. The summed E-state index contributed by atoms with van der Waals surface area (Å²) in [5.74, 6) is -2.07. The number of benzene rings is 7. The van der Waals surface area contributed by atoms with Gasteiger partial charge in [0.15, 0.2) is 0 Å². The van der Waals surface area contributed by atoms with Crippen LogP contribution < -0.4 is 10.6 Å². The second kappa shape index (κ2) is 25.9. The van der Waals surface area contributed by atoms with Gasteiger partial charge in [-0.3, -0.25) is 14.5 Å². The zero-order valence-corrected chi connectivity index (χ0v) is 39.4. The van der Waals surface area contributed by atoms with Crippen LogP contribution in [0.25, 0.3) is 10.8 Å². The lowest BCUT2D eigenvalue weighted by atomic mass is 9.95. The Bertz CT molecular complexity index is 2750. The molecule has 7 aromatic rings. The van der Waals surface area contributed by atoms with Crippen molar-refractivity contribution in [1.29, 1.82) is 0 Å². The number of nitrogens with zero attached hydrogens (tertiary/aromatic N) is 1. The molecule has 0 bridgehead atoms. The van der Waals surface area contributed by atoms with E-state index in [1.54, 1.807) is 4.90 Å². The smallest absolute Gasteiger partial charge is 0.410 e. The van der Waals surface area contributed by atoms with Gasteiger partial charge in [-0.15, -0.1) is 0 Å². The van der Waals surface area contributed by atoms with E-state index in [4.69, 9.17) is 14.2 Å². The summed E-state index contributed by atoms with van der Waals surface area (Å²) in [4.78, 5) is 72.1. The van der Waals surface area contributed by atoms with E-state index < -0.39 is 54.0 Å². The normalized spacial score (nSPS) is 12.6. The number of rotatable bonds is 23. The van der Waals surface area contributed by atoms with Crippen LogP contribution in [0.2, 0.25) is 0 Å². The Morgan fingerprint density at radius 1 is 0.471 bits per heavy atom. The molecular weight excluding hydrogens is 879 g/mol. The molecule has 0 unspecified atom stereocenters. The summed E-state index contributed by atoms with van der Waals surface area (Å²) in [5, 5.41) is 7.76. The highest BCUT2D eigenvalue weighted by atomic mass is 16.6. The maximum Gasteiger partial charge on any atom is 0.410 e. The maximum absolute atomic E-state index is 14.7. The summed E-state index contributed by atoms with van der Waals surface area (Å²) in [7, 11) is 0. The molecule has 358 valence electrons. The van der Waals surface area contributed by atoms with Gasteiger partial charge < -0.3 is 24.8 Å². The van der Waals surface area contributed by atoms with Crippen molar-refractivity contribution in [3.63, 3.8) is 0 Å². The third-order valence-electron chi connectivity index (χ3n) is 12.1. The Balaban J connectivity index is 1.15. The summed E-state index contributed by atoms with van der Waals surface area (Å²) in [6.07, 6.45) is -0.149. The average Bonchev–Trinajstić information content (AvgIpc) is 3.39. The maximum atomic E-state index is 14.7. The first-order chi connectivity index (χ1) is 34.2. The van der Waals surface area contributed by atoms with E-state index >= 15 is 0 Å². The van der Waals surface area contributed by atoms with Gasteiger partial charge in [0, 0.05) is 31.7 Å². The van der Waals surface area contributed by atoms with Crippen molar-refractivity contribution in [2.45, 2.75) is 89.4 Å². The lowest BCUT2D eigenvalue weighted by Crippen LogP contribution is -2.48. The second-order valence-corrected chi connectivity index (χ2v) is 17.2. The van der Waals surface area contributed by atoms with E-state index in [9.17, 15) is 24.0 Å². The fraction of sp³-hybridized carbons (Fsp3) is 0.237. The summed E-state index contributed by atoms with van der Waals surface area (Å²) in [6.45, 7) is 1.95. The van der Waals surface area contributed by atoms with Crippen LogP contribution in [0.1, 0.15) is 72.0 Å². The molecule has 7 aromatic carbocycles. The minimum Gasteiger partial charge on any atom is -0.459 e. The quantitative estimate of drug-likeness (QED) is 0.0477. The van der Waals surface area contributed by atoms with Crippen LogP contribution in [0.4, 0.5) is 4.79 Å². The fourth-order valence-corrected chi connectivity index (χ4v) is 8.50. The van der Waals surface area contributed by atoms with Crippen LogP contribution in [0.15, 0.2) is 194 Å². The molecule has 0 spiro atoms. The molecule has 0 fully saturated rings. The number of fused-ring (bicyclic) bond motifs is 1. The van der Waals surface area contributed by atoms with Crippen LogP contribution in [0.3, 0.4) is 0 Å². The number of amides is 3. The molecule has 3 amide bonds. The number of hydrogen-bond donors (Lipinski definition) is 2. The molecule has 70 heavy (non-hydrogen) atoms. The van der Waals surface area contributed by atoms with E-state index in [2.05, 4.69) is 10.6 Å². The van der Waals surface area contributed by atoms with Gasteiger partial charge in [-0.1, -0.05) is 194 Å². The molecule has 0 aliphatic carbocycles. The Morgan fingerprint density at radius 3 is 1.39 bits per heavy atom. The van der Waals surface area contributed by atoms with Crippen LogP contribution in [0, 0.1) is 0 Å². The van der Waals surface area contributed by atoms with E-state index in [0.717, 1.165) is 44.2 Å². The first kappa shape index (κ1) is 49.8. The number of carbonyl (C=O) groups is 5. The fourth-order valence-electron chi connectivity index (χ4n) is 8.50. The van der Waals surface area contributed by atoms with Gasteiger partial charge in [0.1, 0.15) is 31.9 Å². The van der Waals surface area contributed by atoms with E-state index in [1.807, 2.05) is 201 Å². The Labute approximate surface area is 409 Å². The zero-order valence-electron chi connectivity index (χ0n) is 39.4. The summed E-state index contributed by atoms with van der Waals surface area (Å²) >= 11 is 0. The Morgan fingerprint density at radius 2 is 0.886 bits per heavy atom. The van der Waals surface area contributed by atoms with Crippen LogP contribution in [0.5, 0.6) is 0 Å². The number of hydrogen-bond acceptors (Lipinski definition) is 8. The Kier molecular flexibility index (Phi) is 18.4. The molecule has 11 heteroatoms. The van der Waals surface area contributed by atoms with Crippen LogP contribution in [-0.4, -0.2) is 52.9 Å². The van der Waals surface area contributed by atoms with Crippen molar-refractivity contribution in [2.75, 3.05) is 0 Å². The molecule has 0 saturated heterocycles. The predicted molar refractivity (Wildman–Crippen MR) is 270 cm³/mol. The molecule has 0 aliphatic heterocycles. The lowest BCUT2D eigenvalue weighted by molar-refractivity contribution is -0.149. The van der Waals surface area contributed by atoms with Gasteiger partial charge in [0.25, 0.3) is 0 Å². The molecule has 0 aromatic heterocycles. The molecule has 4 atom stereocenters. The van der Waals surface area contributed by atoms with Gasteiger partial charge >= 0.3 is 18.0 Å². The standard InChI is InChI=1S/C59H59N3O8/c1-43(51-35-19-32-49-31-17-18-34-52(49)51)62(59(67)70-42-48-29-15-6-16-30-48)50(39-56(64)61-54(38-45-23-9-3-10-24-45)58(66)69-41-47-27-13-5-14-28-47)33-20-36-55(63)60-53(37-44-21-7-2-8-22-44)57(65)68-40-46-25-11-4-12-26-46/h2-19,21-32,34-35,43,50,53-54H,20,33,36-42H2,1H3,(H,60,63)(H,61,64)/t43-,50-,53-,54-/m0/s1. The predicted octanol–water partition coefficient (Wildman–Crippen LogP) is 10.4. The number of ether oxygens (including phenoxy) is 3. The molecular formula is C59H59N3O8. The lowest BCUT2D eigenvalue weighted by Gasteiger charge is -2.36. The van der Waals surface area contributed by atoms with Crippen molar-refractivity contribution in [1.82, 2.24) is 15.5 Å². The van der Waals surface area contributed by atoms with Crippen LogP contribution >= 0.6 is 0 Å². The third kappa shape index (κ3) is 15.0. The highest BCUT2D eigenvalue weighted by molar-refractivity contribution is 5.88. The molecule has 11 nitrogen and oxygen atoms in total. The van der Waals surface area contributed by atoms with Gasteiger partial charge in [-0.2, -0.15) is 0 Å². The van der Waals surface area contributed by atoms with Crippen molar-refractivity contribution < 1.29 is 38.2 Å². The highest BCUT2D eigenvalue weighted by Gasteiger charge is 2.34. The SMILES string of the molecule is C[C@@H](c1cccc2ccccc12)N(C(=O)OCc1ccccc1)[C@@H](CCCC(=O)N[C@@H](Cc1ccccc1)C(=O)OCc1ccccc1)CC(=O)N[C@@H](Cc1ccccc1)C(=O)OCc1ccccc1. The minimum absolute atomic E-state index is 0.0185. The monoisotopic (exact) mass is 937 g/mol. The van der Waals surface area contributed by atoms with Gasteiger partial charge in [0.05, 0.1) is 6.04 Å². The largest absolute Gasteiger partial charge is 0.459 e. The molecule has 0 radical (unpaired) electrons.